The van der Waals surface area contributed by atoms with E-state index in [1.54, 1.807) is 0 Å². The third-order valence-electron chi connectivity index (χ3n) is 4.44. The van der Waals surface area contributed by atoms with Crippen LogP contribution in [0.25, 0.3) is 0 Å². The molecule has 1 rings (SSSR count). The van der Waals surface area contributed by atoms with Crippen LogP contribution in [-0.4, -0.2) is 39.0 Å². The van der Waals surface area contributed by atoms with Gasteiger partial charge >= 0.3 is 6.03 Å². The molecule has 0 aliphatic heterocycles. The van der Waals surface area contributed by atoms with Crippen molar-refractivity contribution in [3.8, 4) is 0 Å². The van der Waals surface area contributed by atoms with Gasteiger partial charge in [0.15, 0.2) is 0 Å². The number of amides is 2. The Kier molecular flexibility index (Phi) is 5.69. The number of sulfone groups is 1. The van der Waals surface area contributed by atoms with Gasteiger partial charge in [0.05, 0.1) is 5.75 Å². The predicted octanol–water partition coefficient (Wildman–Crippen LogP) is 2.33. The first-order chi connectivity index (χ1) is 9.41. The third kappa shape index (κ3) is 6.68. The van der Waals surface area contributed by atoms with E-state index in [9.17, 15) is 13.2 Å². The van der Waals surface area contributed by atoms with Gasteiger partial charge in [-0.05, 0) is 30.1 Å². The maximum absolute atomic E-state index is 12.0. The highest BCUT2D eigenvalue weighted by atomic mass is 32.2. The summed E-state index contributed by atoms with van der Waals surface area (Å²) in [5, 5.41) is 5.92. The Hall–Kier alpha value is -0.780. The molecule has 1 atom stereocenters. The lowest BCUT2D eigenvalue weighted by molar-refractivity contribution is 0.216. The lowest BCUT2D eigenvalue weighted by Gasteiger charge is -2.29. The van der Waals surface area contributed by atoms with E-state index >= 15 is 0 Å². The zero-order valence-electron chi connectivity index (χ0n) is 14.0. The molecule has 1 fully saturated rings. The summed E-state index contributed by atoms with van der Waals surface area (Å²) in [6.07, 6.45) is 5.10. The number of rotatable bonds is 6. The second kappa shape index (κ2) is 6.55. The summed E-state index contributed by atoms with van der Waals surface area (Å²) < 4.78 is 22.4. The molecule has 2 N–H and O–H groups in total. The van der Waals surface area contributed by atoms with Crippen molar-refractivity contribution >= 4 is 15.9 Å². The van der Waals surface area contributed by atoms with Gasteiger partial charge in [0.25, 0.3) is 0 Å². The van der Waals surface area contributed by atoms with Crippen LogP contribution in [-0.2, 0) is 9.84 Å². The number of urea groups is 1. The first kappa shape index (κ1) is 18.3. The second-order valence-corrected chi connectivity index (χ2v) is 10.1. The van der Waals surface area contributed by atoms with Crippen LogP contribution in [0.2, 0.25) is 0 Å². The fourth-order valence-corrected chi connectivity index (χ4v) is 3.60. The van der Waals surface area contributed by atoms with E-state index in [4.69, 9.17) is 0 Å². The molecular formula is C15H30N2O3S. The Morgan fingerprint density at radius 2 is 1.95 bits per heavy atom. The minimum absolute atomic E-state index is 0.151. The van der Waals surface area contributed by atoms with Crippen LogP contribution < -0.4 is 10.6 Å². The molecule has 1 saturated carbocycles. The van der Waals surface area contributed by atoms with Gasteiger partial charge in [-0.25, -0.2) is 13.2 Å². The normalized spacial score (nSPS) is 22.0. The average molecular weight is 318 g/mol. The first-order valence-electron chi connectivity index (χ1n) is 7.63. The maximum Gasteiger partial charge on any atom is 0.315 e. The highest BCUT2D eigenvalue weighted by Gasteiger charge is 2.35. The Morgan fingerprint density at radius 1 is 1.33 bits per heavy atom. The summed E-state index contributed by atoms with van der Waals surface area (Å²) in [7, 11) is -2.96. The second-order valence-electron chi connectivity index (χ2n) is 7.80. The van der Waals surface area contributed by atoms with E-state index in [2.05, 4.69) is 24.5 Å². The molecule has 21 heavy (non-hydrogen) atoms. The van der Waals surface area contributed by atoms with Crippen LogP contribution in [0.5, 0.6) is 0 Å². The van der Waals surface area contributed by atoms with E-state index in [0.29, 0.717) is 13.0 Å². The van der Waals surface area contributed by atoms with Crippen molar-refractivity contribution in [3.05, 3.63) is 0 Å². The summed E-state index contributed by atoms with van der Waals surface area (Å²) in [6.45, 7) is 8.78. The van der Waals surface area contributed by atoms with Gasteiger partial charge in [-0.1, -0.05) is 34.1 Å². The van der Waals surface area contributed by atoms with Crippen LogP contribution in [0.4, 0.5) is 4.79 Å². The Balaban J connectivity index is 2.38. The zero-order chi connectivity index (χ0) is 16.3. The van der Waals surface area contributed by atoms with Crippen molar-refractivity contribution < 1.29 is 13.2 Å². The molecule has 0 aromatic heterocycles. The van der Waals surface area contributed by atoms with Crippen molar-refractivity contribution in [2.24, 2.45) is 10.8 Å². The molecule has 1 aliphatic carbocycles. The van der Waals surface area contributed by atoms with Crippen LogP contribution in [0.15, 0.2) is 0 Å². The molecular weight excluding hydrogens is 288 g/mol. The van der Waals surface area contributed by atoms with Crippen molar-refractivity contribution in [2.45, 2.75) is 59.4 Å². The Labute approximate surface area is 129 Å². The topological polar surface area (TPSA) is 75.3 Å². The molecule has 0 saturated heterocycles. The van der Waals surface area contributed by atoms with Crippen molar-refractivity contribution in [3.63, 3.8) is 0 Å². The van der Waals surface area contributed by atoms with E-state index in [1.165, 1.54) is 6.26 Å². The van der Waals surface area contributed by atoms with Crippen molar-refractivity contribution in [1.82, 2.24) is 10.6 Å². The maximum atomic E-state index is 12.0. The monoisotopic (exact) mass is 318 g/mol. The number of carbonyl (C=O) groups excluding carboxylic acids is 1. The minimum Gasteiger partial charge on any atom is -0.338 e. The summed E-state index contributed by atoms with van der Waals surface area (Å²) in [5.41, 5.74) is -0.0746. The van der Waals surface area contributed by atoms with Gasteiger partial charge in [-0.3, -0.25) is 0 Å². The molecule has 1 aliphatic rings. The molecule has 124 valence electrons. The fourth-order valence-electron chi connectivity index (χ4n) is 2.67. The van der Waals surface area contributed by atoms with Gasteiger partial charge in [-0.2, -0.15) is 0 Å². The quantitative estimate of drug-likeness (QED) is 0.789. The van der Waals surface area contributed by atoms with Crippen LogP contribution >= 0.6 is 0 Å². The van der Waals surface area contributed by atoms with Gasteiger partial charge in [0, 0.05) is 18.8 Å². The van der Waals surface area contributed by atoms with E-state index in [0.717, 1.165) is 19.3 Å². The molecule has 5 nitrogen and oxygen atoms in total. The third-order valence-corrected chi connectivity index (χ3v) is 5.39. The Bertz CT molecular complexity index is 469. The van der Waals surface area contributed by atoms with Crippen LogP contribution in [0, 0.1) is 10.8 Å². The van der Waals surface area contributed by atoms with E-state index in [1.807, 2.05) is 13.8 Å². The van der Waals surface area contributed by atoms with Gasteiger partial charge in [-0.15, -0.1) is 0 Å². The Morgan fingerprint density at radius 3 is 2.43 bits per heavy atom. The van der Waals surface area contributed by atoms with E-state index < -0.39 is 9.84 Å². The largest absolute Gasteiger partial charge is 0.338 e. The first-order valence-corrected chi connectivity index (χ1v) is 9.69. The molecule has 0 aromatic carbocycles. The van der Waals surface area contributed by atoms with Gasteiger partial charge < -0.3 is 10.6 Å². The van der Waals surface area contributed by atoms with Gasteiger partial charge in [0.1, 0.15) is 9.84 Å². The molecule has 0 heterocycles. The fraction of sp³-hybridized carbons (Fsp3) is 0.933. The number of hydrogen-bond acceptors (Lipinski definition) is 3. The van der Waals surface area contributed by atoms with Gasteiger partial charge in [0.2, 0.25) is 0 Å². The minimum atomic E-state index is -2.96. The lowest BCUT2D eigenvalue weighted by atomic mass is 9.87. The number of nitrogens with one attached hydrogen (secondary N) is 2. The smallest absolute Gasteiger partial charge is 0.315 e. The number of hydrogen-bond donors (Lipinski definition) is 2. The SMILES string of the molecule is CC(C)(CCS(C)(=O)=O)CNC(=O)N[C@@H]1CCCC1(C)C. The number of carbonyl (C=O) groups is 1. The van der Waals surface area contributed by atoms with Crippen LogP contribution in [0.3, 0.4) is 0 Å². The highest BCUT2D eigenvalue weighted by Crippen LogP contribution is 2.37. The molecule has 0 unspecified atom stereocenters. The van der Waals surface area contributed by atoms with E-state index in [-0.39, 0.29) is 28.7 Å². The molecule has 0 bridgehead atoms. The predicted molar refractivity (Wildman–Crippen MR) is 86.1 cm³/mol. The summed E-state index contributed by atoms with van der Waals surface area (Å²) in [5.74, 6) is 0.152. The average Bonchev–Trinajstić information content (AvgIpc) is 2.63. The molecule has 6 heteroatoms. The summed E-state index contributed by atoms with van der Waals surface area (Å²) >= 11 is 0. The highest BCUT2D eigenvalue weighted by molar-refractivity contribution is 7.90. The standard InChI is InChI=1S/C15H30N2O3S/c1-14(2,9-10-21(5,19)20)11-16-13(18)17-12-7-6-8-15(12,3)4/h12H,6-11H2,1-5H3,(H2,16,17,18)/t12-/m1/s1. The zero-order valence-corrected chi connectivity index (χ0v) is 14.8. The van der Waals surface area contributed by atoms with Crippen molar-refractivity contribution in [2.75, 3.05) is 18.6 Å². The molecule has 0 spiro atoms. The summed E-state index contributed by atoms with van der Waals surface area (Å²) in [4.78, 5) is 12.0. The summed E-state index contributed by atoms with van der Waals surface area (Å²) in [6, 6.07) is 0.0686. The lowest BCUT2D eigenvalue weighted by Crippen LogP contribution is -2.48. The van der Waals surface area contributed by atoms with Crippen molar-refractivity contribution in [1.29, 1.82) is 0 Å². The molecule has 0 radical (unpaired) electrons. The molecule has 0 aromatic rings. The molecule has 2 amide bonds. The van der Waals surface area contributed by atoms with Crippen LogP contribution in [0.1, 0.15) is 53.4 Å².